The number of fused-ring (bicyclic) bond motifs is 3. The van der Waals surface area contributed by atoms with Gasteiger partial charge in [0.1, 0.15) is 11.2 Å². The fourth-order valence-electron chi connectivity index (χ4n) is 3.33. The first kappa shape index (κ1) is 17.0. The van der Waals surface area contributed by atoms with Crippen molar-refractivity contribution in [3.05, 3.63) is 90.0 Å². The topological polar surface area (TPSA) is 37.9 Å². The average molecular weight is 352 g/mol. The molecular weight excluding hydrogens is 332 g/mol. The van der Waals surface area contributed by atoms with Crippen molar-refractivity contribution in [1.82, 2.24) is 0 Å². The van der Waals surface area contributed by atoms with Crippen molar-refractivity contribution in [3.8, 4) is 0 Å². The normalized spacial score (nSPS) is 12.6. The Morgan fingerprint density at radius 2 is 1.67 bits per heavy atom. The van der Waals surface area contributed by atoms with Crippen molar-refractivity contribution >= 4 is 40.1 Å². The molecule has 0 aliphatic rings. The summed E-state index contributed by atoms with van der Waals surface area (Å²) in [6.45, 7) is 6.54. The second kappa shape index (κ2) is 7.42. The van der Waals surface area contributed by atoms with Gasteiger partial charge in [0.15, 0.2) is 0 Å². The summed E-state index contributed by atoms with van der Waals surface area (Å²) in [4.78, 5) is 9.00. The highest BCUT2D eigenvalue weighted by atomic mass is 16.3. The quantitative estimate of drug-likeness (QED) is 0.398. The zero-order chi connectivity index (χ0) is 18.6. The summed E-state index contributed by atoms with van der Waals surface area (Å²) in [5, 5.41) is 2.13. The van der Waals surface area contributed by atoms with Crippen molar-refractivity contribution in [2.24, 2.45) is 9.98 Å². The number of furan rings is 1. The Bertz CT molecular complexity index is 1170. The maximum atomic E-state index is 6.01. The van der Waals surface area contributed by atoms with E-state index < -0.39 is 0 Å². The van der Waals surface area contributed by atoms with Crippen LogP contribution in [-0.4, -0.2) is 19.0 Å². The van der Waals surface area contributed by atoms with Gasteiger partial charge in [-0.2, -0.15) is 0 Å². The number of allylic oxidation sites excluding steroid dienone is 1. The van der Waals surface area contributed by atoms with Crippen LogP contribution >= 0.6 is 0 Å². The molecule has 3 nitrogen and oxygen atoms in total. The summed E-state index contributed by atoms with van der Waals surface area (Å²) < 4.78 is 6.01. The number of hydrogen-bond donors (Lipinski definition) is 0. The largest absolute Gasteiger partial charge is 0.456 e. The number of para-hydroxylation sites is 1. The Hall–Kier alpha value is -3.46. The smallest absolute Gasteiger partial charge is 0.136 e. The molecule has 0 saturated heterocycles. The highest BCUT2D eigenvalue weighted by Gasteiger charge is 2.13. The summed E-state index contributed by atoms with van der Waals surface area (Å²) in [7, 11) is 0. The van der Waals surface area contributed by atoms with E-state index in [9.17, 15) is 0 Å². The van der Waals surface area contributed by atoms with Gasteiger partial charge in [-0.3, -0.25) is 9.98 Å². The summed E-state index contributed by atoms with van der Waals surface area (Å²) in [6, 6.07) is 24.2. The molecule has 4 aromatic rings. The Kier molecular flexibility index (Phi) is 4.67. The van der Waals surface area contributed by atoms with E-state index in [2.05, 4.69) is 41.0 Å². The monoisotopic (exact) mass is 352 g/mol. The van der Waals surface area contributed by atoms with Gasteiger partial charge in [0.2, 0.25) is 0 Å². The van der Waals surface area contributed by atoms with Gasteiger partial charge >= 0.3 is 0 Å². The van der Waals surface area contributed by atoms with Crippen LogP contribution in [0.3, 0.4) is 0 Å². The van der Waals surface area contributed by atoms with Crippen molar-refractivity contribution < 1.29 is 4.42 Å². The van der Waals surface area contributed by atoms with E-state index in [1.54, 1.807) is 0 Å². The SMILES string of the molecule is C=N/C(=C\C(=NCC)c1ccccc1)c1cccc2oc3ccccc3c12. The van der Waals surface area contributed by atoms with E-state index in [1.807, 2.05) is 61.5 Å². The van der Waals surface area contributed by atoms with Crippen LogP contribution in [0.25, 0.3) is 27.6 Å². The van der Waals surface area contributed by atoms with Gasteiger partial charge in [-0.1, -0.05) is 60.7 Å². The highest BCUT2D eigenvalue weighted by Crippen LogP contribution is 2.34. The zero-order valence-electron chi connectivity index (χ0n) is 15.2. The minimum atomic E-state index is 0.698. The Morgan fingerprint density at radius 3 is 2.44 bits per heavy atom. The Morgan fingerprint density at radius 1 is 0.926 bits per heavy atom. The Labute approximate surface area is 158 Å². The molecule has 132 valence electrons. The van der Waals surface area contributed by atoms with Gasteiger partial charge < -0.3 is 4.42 Å². The minimum Gasteiger partial charge on any atom is -0.456 e. The van der Waals surface area contributed by atoms with Crippen LogP contribution in [0.4, 0.5) is 0 Å². The minimum absolute atomic E-state index is 0.698. The summed E-state index contributed by atoms with van der Waals surface area (Å²) >= 11 is 0. The van der Waals surface area contributed by atoms with Crippen LogP contribution in [0.2, 0.25) is 0 Å². The molecule has 3 aromatic carbocycles. The van der Waals surface area contributed by atoms with E-state index in [-0.39, 0.29) is 0 Å². The van der Waals surface area contributed by atoms with Crippen LogP contribution in [-0.2, 0) is 0 Å². The van der Waals surface area contributed by atoms with Crippen molar-refractivity contribution in [2.45, 2.75) is 6.92 Å². The maximum absolute atomic E-state index is 6.01. The molecule has 0 radical (unpaired) electrons. The molecular formula is C24H20N2O. The van der Waals surface area contributed by atoms with Crippen molar-refractivity contribution in [2.75, 3.05) is 6.54 Å². The third-order valence-corrected chi connectivity index (χ3v) is 4.52. The lowest BCUT2D eigenvalue weighted by Crippen LogP contribution is -1.99. The predicted molar refractivity (Wildman–Crippen MR) is 115 cm³/mol. The van der Waals surface area contributed by atoms with E-state index >= 15 is 0 Å². The maximum Gasteiger partial charge on any atom is 0.136 e. The third-order valence-electron chi connectivity index (χ3n) is 4.52. The van der Waals surface area contributed by atoms with Gasteiger partial charge in [-0.15, -0.1) is 0 Å². The Balaban J connectivity index is 1.93. The van der Waals surface area contributed by atoms with E-state index in [0.29, 0.717) is 6.54 Å². The lowest BCUT2D eigenvalue weighted by Gasteiger charge is -2.07. The molecule has 0 unspecified atom stereocenters. The average Bonchev–Trinajstić information content (AvgIpc) is 3.11. The van der Waals surface area contributed by atoms with Crippen LogP contribution in [0, 0.1) is 0 Å². The molecule has 0 saturated carbocycles. The van der Waals surface area contributed by atoms with Crippen molar-refractivity contribution in [1.29, 1.82) is 0 Å². The zero-order valence-corrected chi connectivity index (χ0v) is 15.2. The molecule has 0 N–H and O–H groups in total. The number of benzene rings is 3. The van der Waals surface area contributed by atoms with Gasteiger partial charge in [0.05, 0.1) is 11.4 Å². The van der Waals surface area contributed by atoms with Gasteiger partial charge in [-0.05, 0) is 37.4 Å². The van der Waals surface area contributed by atoms with Crippen LogP contribution in [0.1, 0.15) is 18.1 Å². The van der Waals surface area contributed by atoms with Gasteiger partial charge in [0.25, 0.3) is 0 Å². The van der Waals surface area contributed by atoms with E-state index in [0.717, 1.165) is 44.5 Å². The molecule has 1 aromatic heterocycles. The lowest BCUT2D eigenvalue weighted by molar-refractivity contribution is 0.669. The van der Waals surface area contributed by atoms with Gasteiger partial charge in [0, 0.05) is 22.9 Å². The molecule has 0 atom stereocenters. The van der Waals surface area contributed by atoms with Crippen LogP contribution in [0.5, 0.6) is 0 Å². The standard InChI is InChI=1S/C24H20N2O/c1-3-26-20(17-10-5-4-6-11-17)16-21(25-2)18-13-9-15-23-24(18)19-12-7-8-14-22(19)27-23/h4-16H,2-3H2,1H3/b21-16-,26-20?. The first-order chi connectivity index (χ1) is 13.3. The molecule has 1 heterocycles. The number of rotatable bonds is 5. The fourth-order valence-corrected chi connectivity index (χ4v) is 3.33. The molecule has 0 aliphatic carbocycles. The molecule has 27 heavy (non-hydrogen) atoms. The molecule has 3 heteroatoms. The van der Waals surface area contributed by atoms with Crippen molar-refractivity contribution in [3.63, 3.8) is 0 Å². The highest BCUT2D eigenvalue weighted by molar-refractivity contribution is 6.16. The lowest BCUT2D eigenvalue weighted by atomic mass is 10.0. The second-order valence-corrected chi connectivity index (χ2v) is 6.19. The first-order valence-corrected chi connectivity index (χ1v) is 9.00. The first-order valence-electron chi connectivity index (χ1n) is 9.00. The molecule has 0 aliphatic heterocycles. The molecule has 0 fully saturated rings. The molecule has 0 amide bonds. The van der Waals surface area contributed by atoms with Gasteiger partial charge in [-0.25, -0.2) is 0 Å². The third kappa shape index (κ3) is 3.20. The second-order valence-electron chi connectivity index (χ2n) is 6.19. The molecule has 0 spiro atoms. The number of aliphatic imine (C=N–C) groups is 2. The summed E-state index contributed by atoms with van der Waals surface area (Å²) in [5.74, 6) is 0. The molecule has 4 rings (SSSR count). The number of nitrogens with zero attached hydrogens (tertiary/aromatic N) is 2. The number of hydrogen-bond acceptors (Lipinski definition) is 3. The summed E-state index contributed by atoms with van der Waals surface area (Å²) in [5.41, 5.74) is 5.44. The van der Waals surface area contributed by atoms with Crippen LogP contribution in [0.15, 0.2) is 93.3 Å². The molecule has 0 bridgehead atoms. The van der Waals surface area contributed by atoms with E-state index in [4.69, 9.17) is 4.42 Å². The fraction of sp³-hybridized carbons (Fsp3) is 0.0833. The van der Waals surface area contributed by atoms with E-state index in [1.165, 1.54) is 0 Å². The predicted octanol–water partition coefficient (Wildman–Crippen LogP) is 6.14. The van der Waals surface area contributed by atoms with Crippen LogP contribution < -0.4 is 0 Å². The summed E-state index contributed by atoms with van der Waals surface area (Å²) in [6.07, 6.45) is 2.00.